The monoisotopic (exact) mass is 188 g/mol. The zero-order chi connectivity index (χ0) is 9.97. The van der Waals surface area contributed by atoms with Gasteiger partial charge >= 0.3 is 0 Å². The summed E-state index contributed by atoms with van der Waals surface area (Å²) in [7, 11) is 0. The number of nitrogens with two attached hydrogens (primary N) is 1. The van der Waals surface area contributed by atoms with Crippen molar-refractivity contribution < 1.29 is 4.42 Å². The van der Waals surface area contributed by atoms with Crippen molar-refractivity contribution >= 4 is 6.01 Å². The molecule has 0 aliphatic heterocycles. The third kappa shape index (κ3) is 1.93. The van der Waals surface area contributed by atoms with Crippen LogP contribution in [0.5, 0.6) is 0 Å². The molecule has 1 aromatic carbocycles. The van der Waals surface area contributed by atoms with E-state index in [9.17, 15) is 0 Å². The minimum atomic E-state index is 0.229. The Morgan fingerprint density at radius 2 is 2.29 bits per heavy atom. The molecule has 0 aliphatic rings. The van der Waals surface area contributed by atoms with Gasteiger partial charge in [-0.25, -0.2) is 4.98 Å². The van der Waals surface area contributed by atoms with E-state index in [0.29, 0.717) is 0 Å². The molecule has 2 rings (SSSR count). The summed E-state index contributed by atoms with van der Waals surface area (Å²) in [6.07, 6.45) is 2.41. The van der Waals surface area contributed by atoms with Gasteiger partial charge in [-0.3, -0.25) is 0 Å². The first kappa shape index (κ1) is 8.81. The van der Waals surface area contributed by atoms with E-state index in [1.54, 1.807) is 6.20 Å². The van der Waals surface area contributed by atoms with Crippen LogP contribution in [-0.2, 0) is 6.42 Å². The number of rotatable bonds is 2. The van der Waals surface area contributed by atoms with E-state index in [4.69, 9.17) is 10.2 Å². The van der Waals surface area contributed by atoms with E-state index in [1.165, 1.54) is 11.1 Å². The molecule has 0 fully saturated rings. The number of nitrogen functional groups attached to an aromatic ring is 1. The maximum atomic E-state index is 5.38. The minimum absolute atomic E-state index is 0.229. The molecule has 0 radical (unpaired) electrons. The number of hydrogen-bond donors (Lipinski definition) is 1. The van der Waals surface area contributed by atoms with Crippen molar-refractivity contribution in [1.82, 2.24) is 4.98 Å². The summed E-state index contributed by atoms with van der Waals surface area (Å²) in [5.41, 5.74) is 7.84. The number of aromatic nitrogens is 1. The highest BCUT2D eigenvalue weighted by atomic mass is 16.4. The van der Waals surface area contributed by atoms with Crippen molar-refractivity contribution in [3.8, 4) is 0 Å². The van der Waals surface area contributed by atoms with Gasteiger partial charge in [-0.1, -0.05) is 29.8 Å². The highest BCUT2D eigenvalue weighted by Gasteiger charge is 2.01. The summed E-state index contributed by atoms with van der Waals surface area (Å²) in [4.78, 5) is 3.85. The van der Waals surface area contributed by atoms with E-state index in [0.717, 1.165) is 12.2 Å². The van der Waals surface area contributed by atoms with Gasteiger partial charge in [-0.15, -0.1) is 0 Å². The van der Waals surface area contributed by atoms with Crippen LogP contribution in [0, 0.1) is 6.92 Å². The topological polar surface area (TPSA) is 52.0 Å². The lowest BCUT2D eigenvalue weighted by Gasteiger charge is -1.98. The van der Waals surface area contributed by atoms with Crippen LogP contribution in [0.2, 0.25) is 0 Å². The van der Waals surface area contributed by atoms with Crippen LogP contribution < -0.4 is 5.73 Å². The van der Waals surface area contributed by atoms with Gasteiger partial charge in [-0.05, 0) is 12.5 Å². The van der Waals surface area contributed by atoms with Gasteiger partial charge in [0.25, 0.3) is 6.01 Å². The summed E-state index contributed by atoms with van der Waals surface area (Å²) in [5.74, 6) is 0.799. The summed E-state index contributed by atoms with van der Waals surface area (Å²) < 4.78 is 5.19. The summed E-state index contributed by atoms with van der Waals surface area (Å²) >= 11 is 0. The molecule has 2 N–H and O–H groups in total. The molecule has 3 heteroatoms. The Balaban J connectivity index is 2.18. The Morgan fingerprint density at radius 1 is 1.43 bits per heavy atom. The molecular formula is C11H12N2O. The smallest absolute Gasteiger partial charge is 0.292 e. The summed E-state index contributed by atoms with van der Waals surface area (Å²) in [5, 5.41) is 0. The van der Waals surface area contributed by atoms with Gasteiger partial charge in [0.05, 0.1) is 6.20 Å². The standard InChI is InChI=1S/C11H12N2O/c1-8-3-2-4-9(5-8)6-10-7-13-11(12)14-10/h2-5,7H,6H2,1H3,(H2,12,13). The van der Waals surface area contributed by atoms with E-state index < -0.39 is 0 Å². The maximum Gasteiger partial charge on any atom is 0.292 e. The van der Waals surface area contributed by atoms with Crippen LogP contribution in [-0.4, -0.2) is 4.98 Å². The zero-order valence-corrected chi connectivity index (χ0v) is 8.03. The summed E-state index contributed by atoms with van der Waals surface area (Å²) in [6, 6.07) is 8.51. The van der Waals surface area contributed by atoms with Crippen LogP contribution in [0.1, 0.15) is 16.9 Å². The fourth-order valence-corrected chi connectivity index (χ4v) is 1.43. The van der Waals surface area contributed by atoms with Gasteiger partial charge in [0.2, 0.25) is 0 Å². The fourth-order valence-electron chi connectivity index (χ4n) is 1.43. The Bertz CT molecular complexity index is 434. The average Bonchev–Trinajstić information content (AvgIpc) is 2.51. The molecule has 0 saturated heterocycles. The predicted molar refractivity (Wildman–Crippen MR) is 54.9 cm³/mol. The number of anilines is 1. The van der Waals surface area contributed by atoms with E-state index >= 15 is 0 Å². The second-order valence-corrected chi connectivity index (χ2v) is 3.33. The first-order chi connectivity index (χ1) is 6.74. The molecule has 72 valence electrons. The SMILES string of the molecule is Cc1cccc(Cc2cnc(N)o2)c1. The van der Waals surface area contributed by atoms with Crippen LogP contribution in [0.15, 0.2) is 34.9 Å². The Hall–Kier alpha value is -1.77. The van der Waals surface area contributed by atoms with Gasteiger partial charge in [0.15, 0.2) is 0 Å². The maximum absolute atomic E-state index is 5.38. The lowest BCUT2D eigenvalue weighted by Crippen LogP contribution is -1.86. The molecule has 0 atom stereocenters. The van der Waals surface area contributed by atoms with Gasteiger partial charge in [-0.2, -0.15) is 0 Å². The lowest BCUT2D eigenvalue weighted by atomic mass is 10.1. The highest BCUT2D eigenvalue weighted by molar-refractivity contribution is 5.26. The number of oxazole rings is 1. The molecule has 0 aliphatic carbocycles. The third-order valence-electron chi connectivity index (χ3n) is 2.03. The molecule has 1 aromatic heterocycles. The average molecular weight is 188 g/mol. The summed E-state index contributed by atoms with van der Waals surface area (Å²) in [6.45, 7) is 2.07. The molecular weight excluding hydrogens is 176 g/mol. The number of hydrogen-bond acceptors (Lipinski definition) is 3. The van der Waals surface area contributed by atoms with Crippen molar-refractivity contribution in [2.75, 3.05) is 5.73 Å². The van der Waals surface area contributed by atoms with Gasteiger partial charge < -0.3 is 10.2 Å². The van der Waals surface area contributed by atoms with Crippen LogP contribution >= 0.6 is 0 Å². The Morgan fingerprint density at radius 3 is 2.93 bits per heavy atom. The Labute approximate surface area is 82.6 Å². The van der Waals surface area contributed by atoms with Crippen molar-refractivity contribution in [2.24, 2.45) is 0 Å². The molecule has 0 unspecified atom stereocenters. The van der Waals surface area contributed by atoms with Crippen molar-refractivity contribution in [3.63, 3.8) is 0 Å². The zero-order valence-electron chi connectivity index (χ0n) is 8.03. The predicted octanol–water partition coefficient (Wildman–Crippen LogP) is 2.16. The first-order valence-corrected chi connectivity index (χ1v) is 4.50. The minimum Gasteiger partial charge on any atom is -0.429 e. The third-order valence-corrected chi connectivity index (χ3v) is 2.03. The van der Waals surface area contributed by atoms with E-state index in [2.05, 4.69) is 30.1 Å². The van der Waals surface area contributed by atoms with Gasteiger partial charge in [0.1, 0.15) is 5.76 Å². The normalized spacial score (nSPS) is 10.4. The van der Waals surface area contributed by atoms with Crippen LogP contribution in [0.3, 0.4) is 0 Å². The molecule has 3 nitrogen and oxygen atoms in total. The van der Waals surface area contributed by atoms with E-state index in [-0.39, 0.29) is 6.01 Å². The van der Waals surface area contributed by atoms with Crippen molar-refractivity contribution in [3.05, 3.63) is 47.3 Å². The van der Waals surface area contributed by atoms with E-state index in [1.807, 2.05) is 6.07 Å². The lowest BCUT2D eigenvalue weighted by molar-refractivity contribution is 0.534. The molecule has 14 heavy (non-hydrogen) atoms. The molecule has 1 heterocycles. The number of aryl methyl sites for hydroxylation is 1. The van der Waals surface area contributed by atoms with Crippen LogP contribution in [0.4, 0.5) is 6.01 Å². The second-order valence-electron chi connectivity index (χ2n) is 3.33. The quantitative estimate of drug-likeness (QED) is 0.785. The van der Waals surface area contributed by atoms with Crippen LogP contribution in [0.25, 0.3) is 0 Å². The molecule has 0 amide bonds. The molecule has 0 bridgehead atoms. The van der Waals surface area contributed by atoms with Gasteiger partial charge in [0, 0.05) is 6.42 Å². The largest absolute Gasteiger partial charge is 0.429 e. The highest BCUT2D eigenvalue weighted by Crippen LogP contribution is 2.12. The van der Waals surface area contributed by atoms with Crippen molar-refractivity contribution in [2.45, 2.75) is 13.3 Å². The number of benzene rings is 1. The second kappa shape index (κ2) is 3.54. The molecule has 0 spiro atoms. The van der Waals surface area contributed by atoms with Crippen molar-refractivity contribution in [1.29, 1.82) is 0 Å². The Kier molecular flexibility index (Phi) is 2.23. The number of nitrogens with zero attached hydrogens (tertiary/aromatic N) is 1. The first-order valence-electron chi connectivity index (χ1n) is 4.50. The molecule has 2 aromatic rings. The molecule has 0 saturated carbocycles. The fraction of sp³-hybridized carbons (Fsp3) is 0.182.